The molecular weight excluding hydrogens is 424 g/mol. The van der Waals surface area contributed by atoms with E-state index in [0.29, 0.717) is 17.9 Å². The van der Waals surface area contributed by atoms with Gasteiger partial charge in [-0.1, -0.05) is 38.8 Å². The highest BCUT2D eigenvalue weighted by molar-refractivity contribution is 5.75. The second kappa shape index (κ2) is 9.17. The third-order valence-corrected chi connectivity index (χ3v) is 8.97. The highest BCUT2D eigenvalue weighted by Crippen LogP contribution is 2.63. The van der Waals surface area contributed by atoms with Crippen LogP contribution < -0.4 is 0 Å². The van der Waals surface area contributed by atoms with Gasteiger partial charge in [-0.25, -0.2) is 0 Å². The minimum Gasteiger partial charge on any atom is -0.388 e. The van der Waals surface area contributed by atoms with Crippen molar-refractivity contribution < 1.29 is 34.3 Å². The lowest BCUT2D eigenvalue weighted by molar-refractivity contribution is -0.289. The molecule has 7 nitrogen and oxygen atoms in total. The molecule has 0 aromatic rings. The zero-order chi connectivity index (χ0) is 24.1. The number of methoxy groups -OCH3 is 1. The molecule has 0 radical (unpaired) electrons. The molecule has 186 valence electrons. The number of aliphatic hydroxyl groups excluding tert-OH is 3. The van der Waals surface area contributed by atoms with E-state index in [0.717, 1.165) is 32.0 Å². The zero-order valence-electron chi connectivity index (χ0n) is 20.5. The van der Waals surface area contributed by atoms with E-state index in [-0.39, 0.29) is 29.5 Å². The summed E-state index contributed by atoms with van der Waals surface area (Å²) in [5.41, 5.74) is 3.35. The Hall–Kier alpha value is -1.09. The van der Waals surface area contributed by atoms with Gasteiger partial charge in [0.25, 0.3) is 0 Å². The van der Waals surface area contributed by atoms with Crippen molar-refractivity contribution in [3.8, 4) is 0 Å². The van der Waals surface area contributed by atoms with E-state index in [2.05, 4.69) is 27.7 Å². The highest BCUT2D eigenvalue weighted by atomic mass is 16.7. The lowest BCUT2D eigenvalue weighted by atomic mass is 9.54. The second-order valence-corrected chi connectivity index (χ2v) is 11.3. The summed E-state index contributed by atoms with van der Waals surface area (Å²) < 4.78 is 17.8. The van der Waals surface area contributed by atoms with Crippen LogP contribution in [-0.2, 0) is 19.0 Å². The smallest absolute Gasteiger partial charge is 0.186 e. The molecule has 4 aliphatic rings. The largest absolute Gasteiger partial charge is 0.388 e. The summed E-state index contributed by atoms with van der Waals surface area (Å²) in [6, 6.07) is 0. The molecule has 3 aliphatic carbocycles. The number of carbonyl (C=O) groups is 1. The molecule has 1 saturated carbocycles. The van der Waals surface area contributed by atoms with Crippen molar-refractivity contribution in [1.82, 2.24) is 0 Å². The molecule has 33 heavy (non-hydrogen) atoms. The molecular formula is C26H40O7. The van der Waals surface area contributed by atoms with E-state index >= 15 is 0 Å². The molecule has 0 unspecified atom stereocenters. The minimum atomic E-state index is -1.38. The van der Waals surface area contributed by atoms with Gasteiger partial charge in [-0.2, -0.15) is 0 Å². The minimum absolute atomic E-state index is 0.124. The van der Waals surface area contributed by atoms with Gasteiger partial charge in [-0.05, 0) is 55.4 Å². The van der Waals surface area contributed by atoms with Gasteiger partial charge in [0.2, 0.25) is 0 Å². The first kappa shape index (κ1) is 25.0. The van der Waals surface area contributed by atoms with Crippen LogP contribution in [0.3, 0.4) is 0 Å². The average Bonchev–Trinajstić information content (AvgIpc) is 3.08. The molecule has 0 aromatic heterocycles. The molecule has 4 rings (SSSR count). The topological polar surface area (TPSA) is 105 Å². The van der Waals surface area contributed by atoms with Crippen LogP contribution in [-0.4, -0.2) is 72.1 Å². The van der Waals surface area contributed by atoms with Crippen molar-refractivity contribution >= 4 is 6.29 Å². The van der Waals surface area contributed by atoms with Crippen molar-refractivity contribution in [2.75, 3.05) is 13.7 Å². The van der Waals surface area contributed by atoms with Crippen molar-refractivity contribution in [2.24, 2.45) is 22.7 Å². The number of rotatable bonds is 5. The molecule has 1 aliphatic heterocycles. The Morgan fingerprint density at radius 3 is 2.52 bits per heavy atom. The van der Waals surface area contributed by atoms with Crippen LogP contribution in [0.2, 0.25) is 0 Å². The molecule has 0 aromatic carbocycles. The summed E-state index contributed by atoms with van der Waals surface area (Å²) in [6.45, 7) is 8.97. The van der Waals surface area contributed by atoms with Crippen LogP contribution in [0.5, 0.6) is 0 Å². The van der Waals surface area contributed by atoms with Crippen LogP contribution >= 0.6 is 0 Å². The third-order valence-electron chi connectivity index (χ3n) is 8.97. The lowest BCUT2D eigenvalue weighted by Gasteiger charge is -2.53. The molecule has 1 heterocycles. The van der Waals surface area contributed by atoms with E-state index in [4.69, 9.17) is 14.2 Å². The molecule has 9 atom stereocenters. The zero-order valence-corrected chi connectivity index (χ0v) is 20.5. The van der Waals surface area contributed by atoms with Gasteiger partial charge in [0.15, 0.2) is 6.29 Å². The quantitative estimate of drug-likeness (QED) is 0.424. The molecule has 7 heteroatoms. The van der Waals surface area contributed by atoms with E-state index < -0.39 is 30.7 Å². The summed E-state index contributed by atoms with van der Waals surface area (Å²) in [6.07, 6.45) is 1.72. The van der Waals surface area contributed by atoms with Crippen molar-refractivity contribution in [3.63, 3.8) is 0 Å². The number of hydrogen-bond acceptors (Lipinski definition) is 7. The maximum Gasteiger partial charge on any atom is 0.186 e. The van der Waals surface area contributed by atoms with Gasteiger partial charge in [0.1, 0.15) is 24.6 Å². The van der Waals surface area contributed by atoms with E-state index in [9.17, 15) is 20.1 Å². The van der Waals surface area contributed by atoms with Crippen molar-refractivity contribution in [3.05, 3.63) is 22.8 Å². The first-order valence-corrected chi connectivity index (χ1v) is 12.3. The average molecular weight is 465 g/mol. The SMILES string of the molecule is CO[C@@H]1C[C@@H]2C3=C(C(C)C)CC[C@]3(C)CC[C@@]2(C)[C@@H](O[C@@H]2OC[C@@H](O)[C@H](O)[C@H]2O)C=C1C=O. The number of fused-ring (bicyclic) bond motifs is 3. The fraction of sp³-hybridized carbons (Fsp3) is 0.808. The summed E-state index contributed by atoms with van der Waals surface area (Å²) in [5.74, 6) is 0.600. The fourth-order valence-corrected chi connectivity index (χ4v) is 6.76. The Kier molecular flexibility index (Phi) is 6.95. The normalized spacial score (nSPS) is 46.0. The molecule has 0 bridgehead atoms. The number of allylic oxidation sites excluding steroid dienone is 2. The summed E-state index contributed by atoms with van der Waals surface area (Å²) in [7, 11) is 1.64. The van der Waals surface area contributed by atoms with Crippen LogP contribution in [0.25, 0.3) is 0 Å². The number of aliphatic hydroxyl groups is 3. The molecule has 3 N–H and O–H groups in total. The van der Waals surface area contributed by atoms with Crippen LogP contribution in [0, 0.1) is 22.7 Å². The van der Waals surface area contributed by atoms with Gasteiger partial charge >= 0.3 is 0 Å². The van der Waals surface area contributed by atoms with Crippen LogP contribution in [0.15, 0.2) is 22.8 Å². The number of carbonyl (C=O) groups excluding carboxylic acids is 1. The number of aldehydes is 1. The maximum absolute atomic E-state index is 12.1. The van der Waals surface area contributed by atoms with Gasteiger partial charge in [-0.3, -0.25) is 4.79 Å². The van der Waals surface area contributed by atoms with Crippen LogP contribution in [0.1, 0.15) is 59.8 Å². The summed E-state index contributed by atoms with van der Waals surface area (Å²) >= 11 is 0. The molecule has 0 spiro atoms. The van der Waals surface area contributed by atoms with Crippen molar-refractivity contribution in [1.29, 1.82) is 0 Å². The van der Waals surface area contributed by atoms with Gasteiger partial charge < -0.3 is 29.5 Å². The number of ether oxygens (including phenoxy) is 3. The van der Waals surface area contributed by atoms with E-state index in [1.54, 1.807) is 7.11 Å². The Balaban J connectivity index is 1.77. The second-order valence-electron chi connectivity index (χ2n) is 11.3. The van der Waals surface area contributed by atoms with E-state index in [1.165, 1.54) is 11.1 Å². The highest BCUT2D eigenvalue weighted by Gasteiger charge is 2.57. The summed E-state index contributed by atoms with van der Waals surface area (Å²) in [5, 5.41) is 30.5. The predicted molar refractivity (Wildman–Crippen MR) is 122 cm³/mol. The maximum atomic E-state index is 12.1. The van der Waals surface area contributed by atoms with Crippen molar-refractivity contribution in [2.45, 2.75) is 96.6 Å². The Labute approximate surface area is 196 Å². The molecule has 2 fully saturated rings. The van der Waals surface area contributed by atoms with Crippen LogP contribution in [0.4, 0.5) is 0 Å². The molecule has 0 amide bonds. The fourth-order valence-electron chi connectivity index (χ4n) is 6.76. The Morgan fingerprint density at radius 1 is 1.15 bits per heavy atom. The number of hydrogen-bond donors (Lipinski definition) is 3. The van der Waals surface area contributed by atoms with Gasteiger partial charge in [-0.15, -0.1) is 0 Å². The molecule has 1 saturated heterocycles. The summed E-state index contributed by atoms with van der Waals surface area (Å²) in [4.78, 5) is 12.1. The lowest BCUT2D eigenvalue weighted by Crippen LogP contribution is -2.56. The van der Waals surface area contributed by atoms with Gasteiger partial charge in [0.05, 0.1) is 18.8 Å². The predicted octanol–water partition coefficient (Wildman–Crippen LogP) is 2.52. The Morgan fingerprint density at radius 2 is 1.88 bits per heavy atom. The van der Waals surface area contributed by atoms with E-state index in [1.807, 2.05) is 6.08 Å². The standard InChI is InChI=1S/C26H40O7/c1-14(2)16-6-7-25(3)8-9-26(4)17(21(16)25)11-19(31-5)15(12-27)10-20(26)33-24-23(30)22(29)18(28)13-32-24/h10,12,14,17-20,22-24,28-30H,6-9,11,13H2,1-5H3/t17-,18-,19-,20+,22+,23-,24+,25-,26-/m1/s1. The van der Waals surface area contributed by atoms with Gasteiger partial charge in [0, 0.05) is 18.1 Å². The monoisotopic (exact) mass is 464 g/mol. The Bertz CT molecular complexity index is 819. The first-order valence-electron chi connectivity index (χ1n) is 12.3. The third kappa shape index (κ3) is 4.15. The first-order chi connectivity index (χ1) is 15.6.